The molecule has 3 rings (SSSR count). The zero-order chi connectivity index (χ0) is 26.3. The van der Waals surface area contributed by atoms with Crippen LogP contribution in [0.3, 0.4) is 0 Å². The van der Waals surface area contributed by atoms with Crippen LogP contribution in [0.15, 0.2) is 42.5 Å². The number of hydrogen-bond acceptors (Lipinski definition) is 3. The van der Waals surface area contributed by atoms with E-state index in [0.717, 1.165) is 49.0 Å². The molecule has 2 aromatic rings. The molecular weight excluding hydrogens is 460 g/mol. The molecule has 0 heterocycles. The summed E-state index contributed by atoms with van der Waals surface area (Å²) >= 11 is 0. The van der Waals surface area contributed by atoms with Gasteiger partial charge in [-0.3, -0.25) is 0 Å². The fourth-order valence-corrected chi connectivity index (χ4v) is 5.54. The number of carboxylic acids is 1. The highest BCUT2D eigenvalue weighted by molar-refractivity contribution is 5.96. The van der Waals surface area contributed by atoms with Crippen LogP contribution < -0.4 is 9.47 Å². The summed E-state index contributed by atoms with van der Waals surface area (Å²) in [5, 5.41) is 9.69. The van der Waals surface area contributed by atoms with E-state index in [1.807, 2.05) is 30.3 Å². The molecule has 0 aliphatic heterocycles. The van der Waals surface area contributed by atoms with Crippen LogP contribution in [0, 0.1) is 11.8 Å². The van der Waals surface area contributed by atoms with Crippen LogP contribution in [-0.4, -0.2) is 24.3 Å². The van der Waals surface area contributed by atoms with Crippen LogP contribution in [0.4, 0.5) is 0 Å². The monoisotopic (exact) mass is 508 g/mol. The number of benzene rings is 2. The Morgan fingerprint density at radius 2 is 1.30 bits per heavy atom. The fourth-order valence-electron chi connectivity index (χ4n) is 5.54. The van der Waals surface area contributed by atoms with E-state index in [4.69, 9.17) is 9.47 Å². The van der Waals surface area contributed by atoms with Gasteiger partial charge in [0.25, 0.3) is 0 Å². The summed E-state index contributed by atoms with van der Waals surface area (Å²) in [6.45, 7) is 5.86. The molecule has 1 saturated carbocycles. The predicted octanol–water partition coefficient (Wildman–Crippen LogP) is 9.56. The van der Waals surface area contributed by atoms with Crippen LogP contribution in [0.1, 0.15) is 114 Å². The van der Waals surface area contributed by atoms with Gasteiger partial charge in [0.05, 0.1) is 18.8 Å². The van der Waals surface area contributed by atoms with E-state index in [1.54, 1.807) is 12.1 Å². The van der Waals surface area contributed by atoms with Gasteiger partial charge in [0.15, 0.2) is 0 Å². The van der Waals surface area contributed by atoms with Gasteiger partial charge < -0.3 is 14.6 Å². The molecule has 0 atom stereocenters. The summed E-state index contributed by atoms with van der Waals surface area (Å²) < 4.78 is 11.9. The highest BCUT2D eigenvalue weighted by atomic mass is 16.5. The molecule has 0 aromatic heterocycles. The van der Waals surface area contributed by atoms with Gasteiger partial charge in [0, 0.05) is 0 Å². The van der Waals surface area contributed by atoms with E-state index >= 15 is 0 Å². The van der Waals surface area contributed by atoms with Gasteiger partial charge in [0.2, 0.25) is 0 Å². The standard InChI is InChI=1S/C33H48O4/c1-3-5-7-9-23-37-30-21-22-31(33(34)35)32(25-30)28-17-19-29(20-18-28)36-24-10-12-27-15-13-26(14-16-27)11-8-6-4-2/h17-22,25-27H,3-16,23-24H2,1-2H3,(H,34,35). The molecule has 0 saturated heterocycles. The first-order valence-corrected chi connectivity index (χ1v) is 14.8. The Bertz CT molecular complexity index is 912. The highest BCUT2D eigenvalue weighted by Crippen LogP contribution is 2.34. The smallest absolute Gasteiger partial charge is 0.336 e. The number of hydrogen-bond donors (Lipinski definition) is 1. The zero-order valence-electron chi connectivity index (χ0n) is 23.2. The van der Waals surface area contributed by atoms with Crippen LogP contribution in [0.2, 0.25) is 0 Å². The molecular formula is C33H48O4. The Labute approximate surface area is 224 Å². The molecule has 204 valence electrons. The Hall–Kier alpha value is -2.49. The van der Waals surface area contributed by atoms with E-state index in [9.17, 15) is 9.90 Å². The van der Waals surface area contributed by atoms with Crippen molar-refractivity contribution in [2.24, 2.45) is 11.8 Å². The molecule has 0 amide bonds. The zero-order valence-corrected chi connectivity index (χ0v) is 23.2. The molecule has 1 fully saturated rings. The first-order chi connectivity index (χ1) is 18.1. The van der Waals surface area contributed by atoms with Crippen molar-refractivity contribution in [1.29, 1.82) is 0 Å². The van der Waals surface area contributed by atoms with Gasteiger partial charge in [-0.15, -0.1) is 0 Å². The molecule has 1 N–H and O–H groups in total. The second-order valence-electron chi connectivity index (χ2n) is 10.8. The van der Waals surface area contributed by atoms with Gasteiger partial charge >= 0.3 is 5.97 Å². The Morgan fingerprint density at radius 3 is 1.95 bits per heavy atom. The lowest BCUT2D eigenvalue weighted by atomic mass is 9.78. The number of ether oxygens (including phenoxy) is 2. The molecule has 0 bridgehead atoms. The quantitative estimate of drug-likeness (QED) is 0.216. The average molecular weight is 509 g/mol. The minimum absolute atomic E-state index is 0.284. The molecule has 2 aromatic carbocycles. The van der Waals surface area contributed by atoms with Gasteiger partial charge in [-0.25, -0.2) is 4.79 Å². The summed E-state index contributed by atoms with van der Waals surface area (Å²) in [6, 6.07) is 13.0. The largest absolute Gasteiger partial charge is 0.494 e. The molecule has 1 aliphatic rings. The van der Waals surface area contributed by atoms with E-state index in [1.165, 1.54) is 70.6 Å². The second kappa shape index (κ2) is 16.4. The lowest BCUT2D eigenvalue weighted by molar-refractivity contribution is 0.0697. The molecule has 0 unspecified atom stereocenters. The Morgan fingerprint density at radius 1 is 0.730 bits per heavy atom. The maximum Gasteiger partial charge on any atom is 0.336 e. The van der Waals surface area contributed by atoms with Crippen LogP contribution in [0.5, 0.6) is 11.5 Å². The summed E-state index contributed by atoms with van der Waals surface area (Å²) in [5.41, 5.74) is 1.82. The third-order valence-electron chi connectivity index (χ3n) is 7.86. The van der Waals surface area contributed by atoms with E-state index < -0.39 is 5.97 Å². The normalized spacial score (nSPS) is 17.5. The molecule has 1 aliphatic carbocycles. The molecule has 4 nitrogen and oxygen atoms in total. The van der Waals surface area contributed by atoms with Crippen molar-refractivity contribution < 1.29 is 19.4 Å². The average Bonchev–Trinajstić information content (AvgIpc) is 2.92. The van der Waals surface area contributed by atoms with Crippen molar-refractivity contribution in [2.45, 2.75) is 104 Å². The third-order valence-corrected chi connectivity index (χ3v) is 7.86. The van der Waals surface area contributed by atoms with Crippen molar-refractivity contribution in [2.75, 3.05) is 13.2 Å². The molecule has 0 spiro atoms. The number of unbranched alkanes of at least 4 members (excludes halogenated alkanes) is 5. The van der Waals surface area contributed by atoms with Gasteiger partial charge in [0.1, 0.15) is 11.5 Å². The first-order valence-electron chi connectivity index (χ1n) is 14.8. The van der Waals surface area contributed by atoms with Crippen LogP contribution in [0.25, 0.3) is 11.1 Å². The van der Waals surface area contributed by atoms with Crippen LogP contribution >= 0.6 is 0 Å². The minimum atomic E-state index is -0.931. The SMILES string of the molecule is CCCCCCOc1ccc(C(=O)O)c(-c2ccc(OCCCC3CCC(CCCCC)CC3)cc2)c1. The number of rotatable bonds is 17. The number of aromatic carboxylic acids is 1. The summed E-state index contributed by atoms with van der Waals surface area (Å²) in [7, 11) is 0. The topological polar surface area (TPSA) is 55.8 Å². The molecule has 37 heavy (non-hydrogen) atoms. The maximum absolute atomic E-state index is 11.8. The van der Waals surface area contributed by atoms with Crippen molar-refractivity contribution >= 4 is 5.97 Å². The number of carboxylic acid groups (broad SMARTS) is 1. The van der Waals surface area contributed by atoms with Gasteiger partial charge in [-0.05, 0) is 72.6 Å². The third kappa shape index (κ3) is 10.1. The van der Waals surface area contributed by atoms with E-state index in [0.29, 0.717) is 17.9 Å². The lowest BCUT2D eigenvalue weighted by Gasteiger charge is -2.28. The lowest BCUT2D eigenvalue weighted by Crippen LogP contribution is -2.15. The first kappa shape index (κ1) is 29.1. The number of carbonyl (C=O) groups is 1. The molecule has 0 radical (unpaired) electrons. The van der Waals surface area contributed by atoms with Gasteiger partial charge in [-0.1, -0.05) is 96.6 Å². The molecule has 4 heteroatoms. The van der Waals surface area contributed by atoms with Crippen molar-refractivity contribution in [3.8, 4) is 22.6 Å². The van der Waals surface area contributed by atoms with Crippen molar-refractivity contribution in [1.82, 2.24) is 0 Å². The Kier molecular flexibility index (Phi) is 12.9. The summed E-state index contributed by atoms with van der Waals surface area (Å²) in [4.78, 5) is 11.8. The van der Waals surface area contributed by atoms with Crippen molar-refractivity contribution in [3.63, 3.8) is 0 Å². The van der Waals surface area contributed by atoms with Gasteiger partial charge in [-0.2, -0.15) is 0 Å². The predicted molar refractivity (Wildman–Crippen MR) is 153 cm³/mol. The highest BCUT2D eigenvalue weighted by Gasteiger charge is 2.20. The second-order valence-corrected chi connectivity index (χ2v) is 10.8. The Balaban J connectivity index is 1.45. The maximum atomic E-state index is 11.8. The summed E-state index contributed by atoms with van der Waals surface area (Å²) in [5.74, 6) is 2.46. The van der Waals surface area contributed by atoms with E-state index in [2.05, 4.69) is 13.8 Å². The summed E-state index contributed by atoms with van der Waals surface area (Å²) in [6.07, 6.45) is 18.1. The minimum Gasteiger partial charge on any atom is -0.494 e. The van der Waals surface area contributed by atoms with Crippen molar-refractivity contribution in [3.05, 3.63) is 48.0 Å². The van der Waals surface area contributed by atoms with E-state index in [-0.39, 0.29) is 5.56 Å². The van der Waals surface area contributed by atoms with Crippen LogP contribution in [-0.2, 0) is 0 Å². The fraction of sp³-hybridized carbons (Fsp3) is 0.606.